The van der Waals surface area contributed by atoms with Crippen LogP contribution in [0.3, 0.4) is 0 Å². The lowest BCUT2D eigenvalue weighted by molar-refractivity contribution is 0.0691. The third kappa shape index (κ3) is 3.20. The monoisotopic (exact) mass is 294 g/mol. The van der Waals surface area contributed by atoms with Crippen molar-refractivity contribution >= 4 is 27.4 Å². The highest BCUT2D eigenvalue weighted by Gasteiger charge is 2.25. The SMILES string of the molecule is CC(C)CS(=O)(=O)c1cc(Cl)cc(C(=O)O)c1F. The molecule has 0 saturated carbocycles. The second-order valence-electron chi connectivity index (χ2n) is 4.25. The fraction of sp³-hybridized carbons (Fsp3) is 0.364. The lowest BCUT2D eigenvalue weighted by Gasteiger charge is -2.10. The Balaban J connectivity index is 3.47. The molecule has 0 aromatic heterocycles. The van der Waals surface area contributed by atoms with Crippen molar-refractivity contribution < 1.29 is 22.7 Å². The second kappa shape index (κ2) is 5.24. The van der Waals surface area contributed by atoms with Gasteiger partial charge in [0.1, 0.15) is 4.90 Å². The van der Waals surface area contributed by atoms with Crippen LogP contribution in [0.4, 0.5) is 4.39 Å². The molecule has 0 bridgehead atoms. The van der Waals surface area contributed by atoms with Crippen LogP contribution in [0.15, 0.2) is 17.0 Å². The molecule has 0 amide bonds. The molecule has 0 atom stereocenters. The molecule has 4 nitrogen and oxygen atoms in total. The van der Waals surface area contributed by atoms with Gasteiger partial charge in [-0.2, -0.15) is 0 Å². The summed E-state index contributed by atoms with van der Waals surface area (Å²) in [6, 6.07) is 1.81. The zero-order valence-electron chi connectivity index (χ0n) is 9.78. The zero-order valence-corrected chi connectivity index (χ0v) is 11.3. The number of hydrogen-bond acceptors (Lipinski definition) is 3. The van der Waals surface area contributed by atoms with Crippen LogP contribution in [0.25, 0.3) is 0 Å². The first-order valence-corrected chi connectivity index (χ1v) is 7.13. The van der Waals surface area contributed by atoms with Gasteiger partial charge in [-0.1, -0.05) is 25.4 Å². The van der Waals surface area contributed by atoms with E-state index >= 15 is 0 Å². The number of hydrogen-bond donors (Lipinski definition) is 1. The first kappa shape index (κ1) is 14.9. The molecular formula is C11H12ClFO4S. The number of sulfone groups is 1. The van der Waals surface area contributed by atoms with Crippen LogP contribution < -0.4 is 0 Å². The Labute approximate surface area is 109 Å². The Morgan fingerprint density at radius 1 is 1.44 bits per heavy atom. The molecule has 0 aliphatic carbocycles. The molecule has 0 heterocycles. The molecule has 7 heteroatoms. The number of aromatic carboxylic acids is 1. The number of halogens is 2. The van der Waals surface area contributed by atoms with E-state index < -0.39 is 32.1 Å². The summed E-state index contributed by atoms with van der Waals surface area (Å²) in [5.74, 6) is -3.31. The average Bonchev–Trinajstić information content (AvgIpc) is 2.18. The molecule has 18 heavy (non-hydrogen) atoms. The number of carboxylic acid groups (broad SMARTS) is 1. The maximum absolute atomic E-state index is 13.8. The Hall–Kier alpha value is -1.14. The van der Waals surface area contributed by atoms with Crippen molar-refractivity contribution in [3.05, 3.63) is 28.5 Å². The molecule has 0 aliphatic rings. The molecule has 1 aromatic rings. The highest BCUT2D eigenvalue weighted by atomic mass is 35.5. The summed E-state index contributed by atoms with van der Waals surface area (Å²) in [6.45, 7) is 3.33. The Bertz CT molecular complexity index is 581. The van der Waals surface area contributed by atoms with Crippen LogP contribution in [0.1, 0.15) is 24.2 Å². The van der Waals surface area contributed by atoms with Gasteiger partial charge in [-0.3, -0.25) is 0 Å². The molecular weight excluding hydrogens is 283 g/mol. The molecule has 0 saturated heterocycles. The van der Waals surface area contributed by atoms with Crippen LogP contribution >= 0.6 is 11.6 Å². The van der Waals surface area contributed by atoms with Gasteiger partial charge in [-0.25, -0.2) is 17.6 Å². The summed E-state index contributed by atoms with van der Waals surface area (Å²) in [6.07, 6.45) is 0. The number of benzene rings is 1. The maximum Gasteiger partial charge on any atom is 0.338 e. The van der Waals surface area contributed by atoms with Crippen LogP contribution in [-0.2, 0) is 9.84 Å². The van der Waals surface area contributed by atoms with E-state index in [1.165, 1.54) is 0 Å². The fourth-order valence-corrected chi connectivity index (χ4v) is 3.50. The van der Waals surface area contributed by atoms with Gasteiger partial charge in [0.15, 0.2) is 15.7 Å². The second-order valence-corrected chi connectivity index (χ2v) is 6.68. The molecule has 1 N–H and O–H groups in total. The summed E-state index contributed by atoms with van der Waals surface area (Å²) in [7, 11) is -3.89. The van der Waals surface area contributed by atoms with Crippen LogP contribution in [0.2, 0.25) is 5.02 Å². The van der Waals surface area contributed by atoms with Gasteiger partial charge >= 0.3 is 5.97 Å². The van der Waals surface area contributed by atoms with Crippen molar-refractivity contribution in [2.45, 2.75) is 18.7 Å². The number of carboxylic acids is 1. The van der Waals surface area contributed by atoms with Gasteiger partial charge in [0.2, 0.25) is 0 Å². The minimum absolute atomic E-state index is 0.129. The van der Waals surface area contributed by atoms with Crippen molar-refractivity contribution in [3.8, 4) is 0 Å². The Kier molecular flexibility index (Phi) is 4.34. The Morgan fingerprint density at radius 3 is 2.44 bits per heavy atom. The smallest absolute Gasteiger partial charge is 0.338 e. The van der Waals surface area contributed by atoms with E-state index in [1.807, 2.05) is 0 Å². The van der Waals surface area contributed by atoms with Gasteiger partial charge in [0.25, 0.3) is 0 Å². The topological polar surface area (TPSA) is 71.4 Å². The first-order valence-electron chi connectivity index (χ1n) is 5.10. The van der Waals surface area contributed by atoms with E-state index in [1.54, 1.807) is 13.8 Å². The minimum Gasteiger partial charge on any atom is -0.478 e. The van der Waals surface area contributed by atoms with E-state index in [2.05, 4.69) is 0 Å². The molecule has 0 radical (unpaired) electrons. The molecule has 1 aromatic carbocycles. The van der Waals surface area contributed by atoms with E-state index in [4.69, 9.17) is 16.7 Å². The van der Waals surface area contributed by atoms with Gasteiger partial charge < -0.3 is 5.11 Å². The summed E-state index contributed by atoms with van der Waals surface area (Å²) in [4.78, 5) is 10.1. The molecule has 100 valence electrons. The van der Waals surface area contributed by atoms with Gasteiger partial charge in [0.05, 0.1) is 11.3 Å². The lowest BCUT2D eigenvalue weighted by Crippen LogP contribution is -2.15. The molecule has 0 unspecified atom stereocenters. The third-order valence-corrected chi connectivity index (χ3v) is 4.41. The van der Waals surface area contributed by atoms with E-state index in [0.717, 1.165) is 12.1 Å². The lowest BCUT2D eigenvalue weighted by atomic mass is 10.2. The molecule has 1 rings (SSSR count). The highest BCUT2D eigenvalue weighted by Crippen LogP contribution is 2.25. The first-order chi connectivity index (χ1) is 8.15. The summed E-state index contributed by atoms with van der Waals surface area (Å²) < 4.78 is 37.6. The summed E-state index contributed by atoms with van der Waals surface area (Å²) >= 11 is 5.61. The van der Waals surface area contributed by atoms with Crippen molar-refractivity contribution in [1.82, 2.24) is 0 Å². The quantitative estimate of drug-likeness (QED) is 0.926. The predicted octanol–water partition coefficient (Wildman–Crippen LogP) is 2.61. The summed E-state index contributed by atoms with van der Waals surface area (Å²) in [5.41, 5.74) is -0.746. The third-order valence-electron chi connectivity index (χ3n) is 2.12. The largest absolute Gasteiger partial charge is 0.478 e. The van der Waals surface area contributed by atoms with Crippen LogP contribution in [-0.4, -0.2) is 25.2 Å². The number of rotatable bonds is 4. The Morgan fingerprint density at radius 2 is 2.00 bits per heavy atom. The standard InChI is InChI=1S/C11H12ClFO4S/c1-6(2)5-18(16,17)9-4-7(12)3-8(10(9)13)11(14)15/h3-4,6H,5H2,1-2H3,(H,14,15). The van der Waals surface area contributed by atoms with Gasteiger partial charge in [0, 0.05) is 5.02 Å². The van der Waals surface area contributed by atoms with E-state index in [-0.39, 0.29) is 16.7 Å². The number of carbonyl (C=O) groups is 1. The van der Waals surface area contributed by atoms with E-state index in [9.17, 15) is 17.6 Å². The van der Waals surface area contributed by atoms with Gasteiger partial charge in [-0.15, -0.1) is 0 Å². The van der Waals surface area contributed by atoms with Gasteiger partial charge in [-0.05, 0) is 18.1 Å². The molecule has 0 aliphatic heterocycles. The van der Waals surface area contributed by atoms with Crippen molar-refractivity contribution in [3.63, 3.8) is 0 Å². The van der Waals surface area contributed by atoms with Crippen LogP contribution in [0, 0.1) is 11.7 Å². The van der Waals surface area contributed by atoms with Crippen molar-refractivity contribution in [2.24, 2.45) is 5.92 Å². The highest BCUT2D eigenvalue weighted by molar-refractivity contribution is 7.91. The summed E-state index contributed by atoms with van der Waals surface area (Å²) in [5, 5.41) is 8.64. The van der Waals surface area contributed by atoms with Crippen molar-refractivity contribution in [1.29, 1.82) is 0 Å². The average molecular weight is 295 g/mol. The zero-order chi connectivity index (χ0) is 14.1. The van der Waals surface area contributed by atoms with Crippen LogP contribution in [0.5, 0.6) is 0 Å². The molecule has 0 fully saturated rings. The minimum atomic E-state index is -3.89. The fourth-order valence-electron chi connectivity index (χ4n) is 1.47. The van der Waals surface area contributed by atoms with Crippen molar-refractivity contribution in [2.75, 3.05) is 5.75 Å². The molecule has 0 spiro atoms. The van der Waals surface area contributed by atoms with E-state index in [0.29, 0.717) is 0 Å². The maximum atomic E-state index is 13.8. The normalized spacial score (nSPS) is 11.8. The predicted molar refractivity (Wildman–Crippen MR) is 65.3 cm³/mol.